The summed E-state index contributed by atoms with van der Waals surface area (Å²) in [6.45, 7) is 19.7. The van der Waals surface area contributed by atoms with E-state index in [1.54, 1.807) is 0 Å². The Hall–Kier alpha value is -5.64. The number of carbonyl (C=O) groups is 4. The van der Waals surface area contributed by atoms with E-state index in [2.05, 4.69) is 26.3 Å². The second-order valence-electron chi connectivity index (χ2n) is 9.78. The zero-order chi connectivity index (χ0) is 32.9. The summed E-state index contributed by atoms with van der Waals surface area (Å²) in [5.74, 6) is -6.45. The van der Waals surface area contributed by atoms with Crippen LogP contribution in [0.15, 0.2) is 97.1 Å². The molecule has 0 saturated heterocycles. The Bertz CT molecular complexity index is 1640. The van der Waals surface area contributed by atoms with E-state index in [1.807, 2.05) is 0 Å². The summed E-state index contributed by atoms with van der Waals surface area (Å²) in [5, 5.41) is 0. The number of carbonyl (C=O) groups excluding carboxylic acids is 4. The highest BCUT2D eigenvalue weighted by atomic mass is 19.2. The Morgan fingerprint density at radius 1 is 0.477 bits per heavy atom. The van der Waals surface area contributed by atoms with E-state index in [-0.39, 0.29) is 67.5 Å². The molecule has 0 aliphatic heterocycles. The van der Waals surface area contributed by atoms with Crippen LogP contribution >= 0.6 is 0 Å². The van der Waals surface area contributed by atoms with Gasteiger partial charge in [0.15, 0.2) is 11.6 Å². The third-order valence-electron chi connectivity index (χ3n) is 5.79. The van der Waals surface area contributed by atoms with Crippen LogP contribution < -0.4 is 18.9 Å². The maximum Gasteiger partial charge on any atom is 0.338 e. The molecule has 44 heavy (non-hydrogen) atoms. The highest BCUT2D eigenvalue weighted by Gasteiger charge is 2.24. The van der Waals surface area contributed by atoms with Gasteiger partial charge in [0.2, 0.25) is 0 Å². The van der Waals surface area contributed by atoms with E-state index in [1.165, 1.54) is 76.2 Å². The summed E-state index contributed by atoms with van der Waals surface area (Å²) >= 11 is 0. The standard InChI is InChI=1S/C34H28F2O8/c1-17(2)31(37)41-21-9-11-23(27(15-21)43-33(39)19(5)6)25-13-14-26(30(36)29(25)35)24-12-10-22(42-32(38)18(3)4)16-28(24)44-34(40)20(7)8/h9-16H,1,3,5,7H2,2,4,6,8H3. The van der Waals surface area contributed by atoms with Crippen molar-refractivity contribution in [1.82, 2.24) is 0 Å². The molecular weight excluding hydrogens is 574 g/mol. The molecule has 0 bridgehead atoms. The third kappa shape index (κ3) is 7.60. The van der Waals surface area contributed by atoms with Crippen LogP contribution in [0, 0.1) is 11.6 Å². The van der Waals surface area contributed by atoms with Crippen molar-refractivity contribution >= 4 is 23.9 Å². The van der Waals surface area contributed by atoms with Gasteiger partial charge in [0.05, 0.1) is 0 Å². The lowest BCUT2D eigenvalue weighted by Crippen LogP contribution is -2.11. The largest absolute Gasteiger partial charge is 0.423 e. The predicted octanol–water partition coefficient (Wildman–Crippen LogP) is 7.22. The van der Waals surface area contributed by atoms with Gasteiger partial charge in [0, 0.05) is 56.7 Å². The van der Waals surface area contributed by atoms with Crippen molar-refractivity contribution in [2.45, 2.75) is 27.7 Å². The van der Waals surface area contributed by atoms with Crippen molar-refractivity contribution in [2.75, 3.05) is 0 Å². The van der Waals surface area contributed by atoms with E-state index in [4.69, 9.17) is 18.9 Å². The minimum absolute atomic E-state index is 0.0245. The maximum absolute atomic E-state index is 15.8. The molecule has 0 aliphatic carbocycles. The van der Waals surface area contributed by atoms with Crippen molar-refractivity contribution in [3.05, 3.63) is 109 Å². The molecule has 8 nitrogen and oxygen atoms in total. The maximum atomic E-state index is 15.8. The molecule has 0 saturated carbocycles. The molecule has 0 atom stereocenters. The van der Waals surface area contributed by atoms with E-state index in [0.29, 0.717) is 0 Å². The van der Waals surface area contributed by atoms with E-state index in [0.717, 1.165) is 0 Å². The zero-order valence-corrected chi connectivity index (χ0v) is 24.5. The summed E-state index contributed by atoms with van der Waals surface area (Å²) in [7, 11) is 0. The van der Waals surface area contributed by atoms with Gasteiger partial charge in [0.25, 0.3) is 0 Å². The first kappa shape index (κ1) is 32.9. The Balaban J connectivity index is 2.15. The SMILES string of the molecule is C=C(C)C(=O)Oc1ccc(-c2ccc(-c3ccc(OC(=O)C(=C)C)cc3OC(=O)C(=C)C)c(F)c2F)c(OC(=O)C(=C)C)c1. The number of hydrogen-bond acceptors (Lipinski definition) is 8. The van der Waals surface area contributed by atoms with E-state index < -0.39 is 35.5 Å². The van der Waals surface area contributed by atoms with Crippen molar-refractivity contribution in [2.24, 2.45) is 0 Å². The molecule has 3 rings (SSSR count). The van der Waals surface area contributed by atoms with Crippen LogP contribution in [0.1, 0.15) is 27.7 Å². The molecule has 0 radical (unpaired) electrons. The van der Waals surface area contributed by atoms with Gasteiger partial charge in [-0.2, -0.15) is 0 Å². The lowest BCUT2D eigenvalue weighted by molar-refractivity contribution is -0.131. The fraction of sp³-hybridized carbons (Fsp3) is 0.118. The van der Waals surface area contributed by atoms with Gasteiger partial charge < -0.3 is 18.9 Å². The number of benzene rings is 3. The lowest BCUT2D eigenvalue weighted by atomic mass is 9.97. The normalized spacial score (nSPS) is 10.3. The van der Waals surface area contributed by atoms with Crippen LogP contribution in [0.2, 0.25) is 0 Å². The summed E-state index contributed by atoms with van der Waals surface area (Å²) in [4.78, 5) is 48.7. The summed E-state index contributed by atoms with van der Waals surface area (Å²) in [6.07, 6.45) is 0. The molecule has 10 heteroatoms. The highest BCUT2D eigenvalue weighted by molar-refractivity contribution is 5.93. The second-order valence-corrected chi connectivity index (χ2v) is 9.78. The van der Waals surface area contributed by atoms with Gasteiger partial charge in [-0.1, -0.05) is 38.4 Å². The van der Waals surface area contributed by atoms with E-state index >= 15 is 8.78 Å². The molecule has 0 fully saturated rings. The number of rotatable bonds is 10. The molecule has 0 N–H and O–H groups in total. The van der Waals surface area contributed by atoms with Crippen molar-refractivity contribution in [3.8, 4) is 45.3 Å². The summed E-state index contributed by atoms with van der Waals surface area (Å²) in [6, 6.07) is 9.96. The Kier molecular flexibility index (Phi) is 10.1. The Morgan fingerprint density at radius 2 is 0.750 bits per heavy atom. The molecule has 0 unspecified atom stereocenters. The second kappa shape index (κ2) is 13.6. The smallest absolute Gasteiger partial charge is 0.338 e. The van der Waals surface area contributed by atoms with Gasteiger partial charge in [-0.3, -0.25) is 0 Å². The molecular formula is C34H28F2O8. The summed E-state index contributed by atoms with van der Waals surface area (Å²) < 4.78 is 52.6. The van der Waals surface area contributed by atoms with Gasteiger partial charge in [0.1, 0.15) is 23.0 Å². The molecule has 0 aliphatic rings. The van der Waals surface area contributed by atoms with Crippen LogP contribution in [-0.2, 0) is 19.2 Å². The fourth-order valence-electron chi connectivity index (χ4n) is 3.47. The number of halogens is 2. The van der Waals surface area contributed by atoms with Crippen molar-refractivity contribution in [1.29, 1.82) is 0 Å². The van der Waals surface area contributed by atoms with Gasteiger partial charge in [-0.05, 0) is 52.0 Å². The van der Waals surface area contributed by atoms with Crippen LogP contribution in [0.3, 0.4) is 0 Å². The number of hydrogen-bond donors (Lipinski definition) is 0. The van der Waals surface area contributed by atoms with Crippen molar-refractivity contribution in [3.63, 3.8) is 0 Å². The van der Waals surface area contributed by atoms with E-state index in [9.17, 15) is 19.2 Å². The van der Waals surface area contributed by atoms with Crippen LogP contribution in [-0.4, -0.2) is 23.9 Å². The van der Waals surface area contributed by atoms with Gasteiger partial charge in [-0.25, -0.2) is 28.0 Å². The minimum Gasteiger partial charge on any atom is -0.423 e. The first-order valence-electron chi connectivity index (χ1n) is 12.9. The monoisotopic (exact) mass is 602 g/mol. The molecule has 0 amide bonds. The molecule has 226 valence electrons. The zero-order valence-electron chi connectivity index (χ0n) is 24.5. The average Bonchev–Trinajstić information content (AvgIpc) is 2.95. The molecule has 0 heterocycles. The van der Waals surface area contributed by atoms with Gasteiger partial charge >= 0.3 is 23.9 Å². The van der Waals surface area contributed by atoms with Crippen LogP contribution in [0.5, 0.6) is 23.0 Å². The topological polar surface area (TPSA) is 105 Å². The summed E-state index contributed by atoms with van der Waals surface area (Å²) in [5.41, 5.74) is -0.445. The van der Waals surface area contributed by atoms with Crippen molar-refractivity contribution < 1.29 is 46.9 Å². The lowest BCUT2D eigenvalue weighted by Gasteiger charge is -2.16. The first-order valence-corrected chi connectivity index (χ1v) is 12.9. The van der Waals surface area contributed by atoms with Gasteiger partial charge in [-0.15, -0.1) is 0 Å². The molecule has 3 aromatic carbocycles. The molecule has 0 aromatic heterocycles. The predicted molar refractivity (Wildman–Crippen MR) is 159 cm³/mol. The third-order valence-corrected chi connectivity index (χ3v) is 5.79. The Morgan fingerprint density at radius 3 is 1.05 bits per heavy atom. The minimum atomic E-state index is -1.34. The average molecular weight is 603 g/mol. The Labute approximate surface area is 252 Å². The first-order chi connectivity index (χ1) is 20.6. The molecule has 3 aromatic rings. The quantitative estimate of drug-likeness (QED) is 0.136. The van der Waals surface area contributed by atoms with Crippen LogP contribution in [0.4, 0.5) is 8.78 Å². The number of esters is 4. The van der Waals surface area contributed by atoms with Crippen LogP contribution in [0.25, 0.3) is 22.3 Å². The highest BCUT2D eigenvalue weighted by Crippen LogP contribution is 2.41. The number of ether oxygens (including phenoxy) is 4. The molecule has 0 spiro atoms. The fourth-order valence-corrected chi connectivity index (χ4v) is 3.47.